The molecule has 0 saturated heterocycles. The van der Waals surface area contributed by atoms with Crippen molar-refractivity contribution in [2.24, 2.45) is 5.92 Å². The highest BCUT2D eigenvalue weighted by molar-refractivity contribution is 7.89. The van der Waals surface area contributed by atoms with Gasteiger partial charge in [0.2, 0.25) is 0 Å². The molecule has 0 saturated carbocycles. The van der Waals surface area contributed by atoms with Crippen molar-refractivity contribution < 1.29 is 13.0 Å². The Morgan fingerprint density at radius 1 is 1.40 bits per heavy atom. The predicted molar refractivity (Wildman–Crippen MR) is 60.6 cm³/mol. The van der Waals surface area contributed by atoms with Crippen LogP contribution in [0, 0.1) is 5.92 Å². The molecule has 15 heavy (non-hydrogen) atoms. The van der Waals surface area contributed by atoms with Crippen LogP contribution in [0.5, 0.6) is 0 Å². The van der Waals surface area contributed by atoms with Gasteiger partial charge < -0.3 is 0 Å². The fourth-order valence-electron chi connectivity index (χ4n) is 1.13. The summed E-state index contributed by atoms with van der Waals surface area (Å²) in [5.41, 5.74) is 0. The van der Waals surface area contributed by atoms with Crippen LogP contribution in [0.4, 0.5) is 0 Å². The Labute approximate surface area is 108 Å². The normalized spacial score (nSPS) is 35.6. The standard InChI is InChI=1S/C6H7Cl4NO3S/c1-4-2-3-11(10)6(9,5(4,7)8)15(12,13)14/h2-4H,1H3,(H,12,13,14). The zero-order chi connectivity index (χ0) is 12.1. The van der Waals surface area contributed by atoms with E-state index in [9.17, 15) is 8.42 Å². The summed E-state index contributed by atoms with van der Waals surface area (Å²) in [5.74, 6) is -0.602. The van der Waals surface area contributed by atoms with E-state index in [1.54, 1.807) is 6.92 Å². The molecule has 1 aliphatic rings. The smallest absolute Gasteiger partial charge is 0.283 e. The second-order valence-corrected chi connectivity index (χ2v) is 7.16. The maximum Gasteiger partial charge on any atom is 0.308 e. The van der Waals surface area contributed by atoms with Crippen LogP contribution in [0.3, 0.4) is 0 Å². The first-order chi connectivity index (χ1) is 6.55. The molecule has 0 fully saturated rings. The van der Waals surface area contributed by atoms with Crippen LogP contribution in [0.2, 0.25) is 0 Å². The Balaban J connectivity index is 3.45. The van der Waals surface area contributed by atoms with Crippen LogP contribution in [-0.2, 0) is 10.1 Å². The van der Waals surface area contributed by atoms with Gasteiger partial charge in [0.05, 0.1) is 0 Å². The summed E-state index contributed by atoms with van der Waals surface area (Å²) in [6.45, 7) is 1.54. The molecule has 2 unspecified atom stereocenters. The third-order valence-electron chi connectivity index (χ3n) is 2.11. The zero-order valence-electron chi connectivity index (χ0n) is 7.36. The first-order valence-corrected chi connectivity index (χ1v) is 6.63. The highest BCUT2D eigenvalue weighted by atomic mass is 35.5. The van der Waals surface area contributed by atoms with Gasteiger partial charge in [-0.25, -0.2) is 0 Å². The molecule has 0 amide bonds. The van der Waals surface area contributed by atoms with Gasteiger partial charge in [-0.3, -0.25) is 8.97 Å². The van der Waals surface area contributed by atoms with Crippen molar-refractivity contribution in [3.05, 3.63) is 12.3 Å². The van der Waals surface area contributed by atoms with Crippen molar-refractivity contribution in [1.82, 2.24) is 4.42 Å². The highest BCUT2D eigenvalue weighted by Crippen LogP contribution is 2.53. The molecule has 1 aliphatic heterocycles. The van der Waals surface area contributed by atoms with Gasteiger partial charge >= 0.3 is 10.1 Å². The quantitative estimate of drug-likeness (QED) is 0.350. The molecule has 2 atom stereocenters. The molecule has 0 bridgehead atoms. The number of hydrogen-bond acceptors (Lipinski definition) is 3. The largest absolute Gasteiger partial charge is 0.308 e. The third-order valence-corrected chi connectivity index (χ3v) is 6.58. The molecule has 1 N–H and O–H groups in total. The minimum absolute atomic E-state index is 0.532. The highest BCUT2D eigenvalue weighted by Gasteiger charge is 2.65. The van der Waals surface area contributed by atoms with E-state index in [1.165, 1.54) is 12.3 Å². The van der Waals surface area contributed by atoms with Crippen molar-refractivity contribution in [2.75, 3.05) is 0 Å². The first-order valence-electron chi connectivity index (χ1n) is 3.72. The number of rotatable bonds is 1. The molecule has 1 rings (SSSR count). The Hall–Kier alpha value is 0.610. The molecular weight excluding hydrogens is 308 g/mol. The molecule has 0 aromatic rings. The monoisotopic (exact) mass is 313 g/mol. The second-order valence-electron chi connectivity index (χ2n) is 3.10. The Morgan fingerprint density at radius 2 is 1.87 bits per heavy atom. The lowest BCUT2D eigenvalue weighted by Gasteiger charge is -2.44. The summed E-state index contributed by atoms with van der Waals surface area (Å²) in [7, 11) is -4.77. The lowest BCUT2D eigenvalue weighted by molar-refractivity contribution is 0.327. The van der Waals surface area contributed by atoms with Crippen LogP contribution >= 0.6 is 46.6 Å². The van der Waals surface area contributed by atoms with Crippen molar-refractivity contribution >= 4 is 56.7 Å². The van der Waals surface area contributed by atoms with Gasteiger partial charge in [0.15, 0.2) is 4.33 Å². The number of hydrogen-bond donors (Lipinski definition) is 1. The van der Waals surface area contributed by atoms with Gasteiger partial charge in [-0.1, -0.05) is 47.8 Å². The molecule has 1 heterocycles. The molecule has 0 aromatic heterocycles. The van der Waals surface area contributed by atoms with Gasteiger partial charge in [0.1, 0.15) is 0 Å². The van der Waals surface area contributed by atoms with Crippen molar-refractivity contribution in [3.63, 3.8) is 0 Å². The molecule has 88 valence electrons. The third kappa shape index (κ3) is 1.83. The van der Waals surface area contributed by atoms with Gasteiger partial charge in [-0.2, -0.15) is 8.42 Å². The minimum atomic E-state index is -4.77. The molecule has 4 nitrogen and oxygen atoms in total. The fraction of sp³-hybridized carbons (Fsp3) is 0.667. The van der Waals surface area contributed by atoms with Crippen LogP contribution in [-0.4, -0.2) is 26.1 Å². The van der Waals surface area contributed by atoms with Gasteiger partial charge in [-0.05, 0) is 0 Å². The van der Waals surface area contributed by atoms with E-state index in [2.05, 4.69) is 0 Å². The zero-order valence-corrected chi connectivity index (χ0v) is 11.2. The molecule has 0 spiro atoms. The van der Waals surface area contributed by atoms with Gasteiger partial charge in [0, 0.05) is 23.9 Å². The lowest BCUT2D eigenvalue weighted by atomic mass is 10.0. The summed E-state index contributed by atoms with van der Waals surface area (Å²) in [6, 6.07) is 0. The first kappa shape index (κ1) is 13.7. The summed E-state index contributed by atoms with van der Waals surface area (Å²) in [6.07, 6.45) is 2.65. The van der Waals surface area contributed by atoms with Gasteiger partial charge in [-0.15, -0.1) is 0 Å². The molecular formula is C6H7Cl4NO3S. The second kappa shape index (κ2) is 3.82. The Morgan fingerprint density at radius 3 is 2.20 bits per heavy atom. The summed E-state index contributed by atoms with van der Waals surface area (Å²) < 4.78 is 27.4. The van der Waals surface area contributed by atoms with E-state index in [0.29, 0.717) is 4.42 Å². The van der Waals surface area contributed by atoms with Crippen LogP contribution in [0.15, 0.2) is 12.3 Å². The Bertz CT molecular complexity index is 395. The lowest BCUT2D eigenvalue weighted by Crippen LogP contribution is -2.59. The molecule has 9 heteroatoms. The number of alkyl halides is 3. The van der Waals surface area contributed by atoms with Crippen LogP contribution in [0.25, 0.3) is 0 Å². The van der Waals surface area contributed by atoms with Crippen molar-refractivity contribution in [2.45, 2.75) is 15.6 Å². The maximum atomic E-state index is 11.2. The van der Waals surface area contributed by atoms with Crippen molar-refractivity contribution in [1.29, 1.82) is 0 Å². The minimum Gasteiger partial charge on any atom is -0.283 e. The number of nitrogens with zero attached hydrogens (tertiary/aromatic N) is 1. The summed E-state index contributed by atoms with van der Waals surface area (Å²) in [4.78, 5) is 0. The molecule has 0 aliphatic carbocycles. The van der Waals surface area contributed by atoms with E-state index in [0.717, 1.165) is 0 Å². The topological polar surface area (TPSA) is 57.6 Å². The number of allylic oxidation sites excluding steroid dienone is 1. The predicted octanol–water partition coefficient (Wildman–Crippen LogP) is 2.56. The fourth-order valence-corrected chi connectivity index (χ4v) is 3.63. The molecule has 0 aromatic carbocycles. The van der Waals surface area contributed by atoms with E-state index in [-0.39, 0.29) is 0 Å². The van der Waals surface area contributed by atoms with E-state index in [4.69, 9.17) is 51.1 Å². The van der Waals surface area contributed by atoms with E-state index in [1.807, 2.05) is 0 Å². The average molecular weight is 315 g/mol. The van der Waals surface area contributed by atoms with Crippen LogP contribution < -0.4 is 0 Å². The summed E-state index contributed by atoms with van der Waals surface area (Å²) in [5, 5.41) is 0. The van der Waals surface area contributed by atoms with Gasteiger partial charge in [0.25, 0.3) is 4.33 Å². The van der Waals surface area contributed by atoms with E-state index < -0.39 is 24.7 Å². The van der Waals surface area contributed by atoms with E-state index >= 15 is 0 Å². The van der Waals surface area contributed by atoms with Crippen molar-refractivity contribution in [3.8, 4) is 0 Å². The number of halogens is 4. The summed E-state index contributed by atoms with van der Waals surface area (Å²) >= 11 is 22.9. The average Bonchev–Trinajstić information content (AvgIpc) is 2.07. The maximum absolute atomic E-state index is 11.2. The van der Waals surface area contributed by atoms with Crippen LogP contribution in [0.1, 0.15) is 6.92 Å². The SMILES string of the molecule is CC1C=CN(Cl)C(Cl)(S(=O)(=O)O)C1(Cl)Cl. The molecule has 0 radical (unpaired) electrons. The Kier molecular flexibility index (Phi) is 3.48.